The van der Waals surface area contributed by atoms with Gasteiger partial charge in [0.2, 0.25) is 0 Å². The van der Waals surface area contributed by atoms with E-state index in [1.807, 2.05) is 67.6 Å². The quantitative estimate of drug-likeness (QED) is 0.299. The van der Waals surface area contributed by atoms with Crippen LogP contribution in [-0.4, -0.2) is 12.1 Å². The molecule has 2 heterocycles. The van der Waals surface area contributed by atoms with Crippen LogP contribution in [0, 0.1) is 6.92 Å². The zero-order chi connectivity index (χ0) is 22.8. The minimum atomic E-state index is -0.109. The molecule has 0 saturated carbocycles. The number of aryl methyl sites for hydroxylation is 2. The van der Waals surface area contributed by atoms with Gasteiger partial charge >= 0.3 is 0 Å². The molecule has 0 unspecified atom stereocenters. The topological polar surface area (TPSA) is 54.6 Å². The molecule has 1 amide bonds. The van der Waals surface area contributed by atoms with Crippen LogP contribution in [-0.2, 0) is 12.8 Å². The van der Waals surface area contributed by atoms with E-state index in [1.165, 1.54) is 4.88 Å². The summed E-state index contributed by atoms with van der Waals surface area (Å²) in [7, 11) is 0. The molecule has 2 aromatic carbocycles. The Morgan fingerprint density at radius 1 is 1.09 bits per heavy atom. The van der Waals surface area contributed by atoms with Gasteiger partial charge in [-0.05, 0) is 80.1 Å². The Bertz CT molecular complexity index is 1340. The van der Waals surface area contributed by atoms with Crippen molar-refractivity contribution in [3.05, 3.63) is 93.0 Å². The Kier molecular flexibility index (Phi) is 6.16. The molecule has 0 spiro atoms. The number of carbonyl (C=O) groups excluding carboxylic acids is 1. The molecule has 4 aromatic rings. The molecule has 166 valence electrons. The third-order valence-corrected chi connectivity index (χ3v) is 7.25. The third kappa shape index (κ3) is 4.65. The molecule has 1 aliphatic rings. The molecular weight excluding hydrogens is 452 g/mol. The number of thiophene rings is 1. The fourth-order valence-corrected chi connectivity index (χ4v) is 5.54. The van der Waals surface area contributed by atoms with Crippen molar-refractivity contribution in [1.29, 1.82) is 0 Å². The number of hydrogen-bond acceptors (Lipinski definition) is 4. The number of rotatable bonds is 5. The van der Waals surface area contributed by atoms with Crippen molar-refractivity contribution in [3.63, 3.8) is 0 Å². The standard InChI is InChI=1S/C27H23ClN2O2S/c1-17-11-12-18(28)15-22(17)23-14-13-20(32-23)16-29-27-25(21-9-5-6-10-24(21)33-27)26(31)30-19-7-3-2-4-8-19/h2-4,7-8,11-16H,5-6,9-10H2,1H3,(H,30,31). The molecule has 0 bridgehead atoms. The maximum absolute atomic E-state index is 13.2. The Morgan fingerprint density at radius 3 is 2.76 bits per heavy atom. The van der Waals surface area contributed by atoms with Gasteiger partial charge in [0.25, 0.3) is 5.91 Å². The van der Waals surface area contributed by atoms with Crippen LogP contribution in [0.25, 0.3) is 11.3 Å². The summed E-state index contributed by atoms with van der Waals surface area (Å²) in [5.74, 6) is 1.26. The van der Waals surface area contributed by atoms with Crippen LogP contribution in [0.3, 0.4) is 0 Å². The smallest absolute Gasteiger partial charge is 0.259 e. The molecule has 5 rings (SSSR count). The Hall–Kier alpha value is -3.15. The zero-order valence-electron chi connectivity index (χ0n) is 18.2. The number of para-hydroxylation sites is 1. The van der Waals surface area contributed by atoms with Gasteiger partial charge < -0.3 is 9.73 Å². The van der Waals surface area contributed by atoms with Gasteiger partial charge in [-0.2, -0.15) is 0 Å². The molecule has 0 aliphatic heterocycles. The van der Waals surface area contributed by atoms with Gasteiger partial charge in [0, 0.05) is 21.2 Å². The summed E-state index contributed by atoms with van der Waals surface area (Å²) in [5.41, 5.74) is 4.65. The predicted molar refractivity (Wildman–Crippen MR) is 137 cm³/mol. The second-order valence-corrected chi connectivity index (χ2v) is 9.65. The van der Waals surface area contributed by atoms with E-state index in [9.17, 15) is 4.79 Å². The number of nitrogens with one attached hydrogen (secondary N) is 1. The molecule has 33 heavy (non-hydrogen) atoms. The second-order valence-electron chi connectivity index (χ2n) is 8.13. The van der Waals surface area contributed by atoms with E-state index in [0.29, 0.717) is 16.3 Å². The number of anilines is 1. The first-order valence-corrected chi connectivity index (χ1v) is 12.2. The van der Waals surface area contributed by atoms with E-state index in [4.69, 9.17) is 21.0 Å². The lowest BCUT2D eigenvalue weighted by Crippen LogP contribution is -2.14. The highest BCUT2D eigenvalue weighted by molar-refractivity contribution is 7.16. The molecule has 4 nitrogen and oxygen atoms in total. The molecule has 0 fully saturated rings. The van der Waals surface area contributed by atoms with E-state index in [0.717, 1.165) is 58.8 Å². The Morgan fingerprint density at radius 2 is 1.91 bits per heavy atom. The number of furan rings is 1. The van der Waals surface area contributed by atoms with Crippen LogP contribution in [0.4, 0.5) is 10.7 Å². The summed E-state index contributed by atoms with van der Waals surface area (Å²) >= 11 is 7.77. The highest BCUT2D eigenvalue weighted by atomic mass is 35.5. The van der Waals surface area contributed by atoms with Crippen molar-refractivity contribution in [1.82, 2.24) is 0 Å². The second kappa shape index (κ2) is 9.38. The number of halogens is 1. The largest absolute Gasteiger partial charge is 0.455 e. The molecule has 1 aliphatic carbocycles. The number of carbonyl (C=O) groups is 1. The SMILES string of the molecule is Cc1ccc(Cl)cc1-c1ccc(C=Nc2sc3c(c2C(=O)Nc2ccccc2)CCCC3)o1. The van der Waals surface area contributed by atoms with Crippen LogP contribution in [0.15, 0.2) is 70.1 Å². The number of nitrogens with zero attached hydrogens (tertiary/aromatic N) is 1. The Labute approximate surface area is 201 Å². The van der Waals surface area contributed by atoms with Gasteiger partial charge in [-0.25, -0.2) is 4.99 Å². The van der Waals surface area contributed by atoms with Gasteiger partial charge in [0.05, 0.1) is 11.8 Å². The molecule has 0 radical (unpaired) electrons. The highest BCUT2D eigenvalue weighted by Crippen LogP contribution is 2.40. The summed E-state index contributed by atoms with van der Waals surface area (Å²) in [4.78, 5) is 19.2. The summed E-state index contributed by atoms with van der Waals surface area (Å²) in [6, 6.07) is 19.1. The maximum Gasteiger partial charge on any atom is 0.259 e. The van der Waals surface area contributed by atoms with Crippen molar-refractivity contribution in [3.8, 4) is 11.3 Å². The van der Waals surface area contributed by atoms with E-state index >= 15 is 0 Å². The molecule has 2 aromatic heterocycles. The fourth-order valence-electron chi connectivity index (χ4n) is 4.14. The number of hydrogen-bond donors (Lipinski definition) is 1. The van der Waals surface area contributed by atoms with Crippen molar-refractivity contribution in [2.45, 2.75) is 32.6 Å². The highest BCUT2D eigenvalue weighted by Gasteiger charge is 2.25. The molecule has 1 N–H and O–H groups in total. The van der Waals surface area contributed by atoms with E-state index in [1.54, 1.807) is 17.6 Å². The number of benzene rings is 2. The van der Waals surface area contributed by atoms with Crippen molar-refractivity contribution in [2.75, 3.05) is 5.32 Å². The Balaban J connectivity index is 1.45. The summed E-state index contributed by atoms with van der Waals surface area (Å²) in [6.45, 7) is 2.02. The lowest BCUT2D eigenvalue weighted by molar-refractivity contribution is 0.102. The minimum Gasteiger partial charge on any atom is -0.455 e. The first-order chi connectivity index (χ1) is 16.1. The van der Waals surface area contributed by atoms with Crippen LogP contribution in [0.5, 0.6) is 0 Å². The zero-order valence-corrected chi connectivity index (χ0v) is 19.8. The van der Waals surface area contributed by atoms with Crippen molar-refractivity contribution in [2.24, 2.45) is 4.99 Å². The lowest BCUT2D eigenvalue weighted by Gasteiger charge is -2.12. The van der Waals surface area contributed by atoms with E-state index < -0.39 is 0 Å². The van der Waals surface area contributed by atoms with Gasteiger partial charge in [0.15, 0.2) is 0 Å². The van der Waals surface area contributed by atoms with Crippen molar-refractivity contribution < 1.29 is 9.21 Å². The normalized spacial score (nSPS) is 13.3. The van der Waals surface area contributed by atoms with Crippen LogP contribution < -0.4 is 5.32 Å². The molecular formula is C27H23ClN2O2S. The first-order valence-electron chi connectivity index (χ1n) is 11.0. The van der Waals surface area contributed by atoms with Gasteiger partial charge in [0.1, 0.15) is 16.5 Å². The monoisotopic (exact) mass is 474 g/mol. The minimum absolute atomic E-state index is 0.109. The summed E-state index contributed by atoms with van der Waals surface area (Å²) in [6.07, 6.45) is 5.86. The fraction of sp³-hybridized carbons (Fsp3) is 0.185. The van der Waals surface area contributed by atoms with Crippen LogP contribution in [0.2, 0.25) is 5.02 Å². The van der Waals surface area contributed by atoms with Gasteiger partial charge in [-0.3, -0.25) is 4.79 Å². The number of aliphatic imine (C=N–C) groups is 1. The molecule has 0 atom stereocenters. The molecule has 6 heteroatoms. The third-order valence-electron chi connectivity index (χ3n) is 5.81. The first kappa shape index (κ1) is 21.7. The molecule has 0 saturated heterocycles. The average molecular weight is 475 g/mol. The lowest BCUT2D eigenvalue weighted by atomic mass is 9.95. The van der Waals surface area contributed by atoms with Crippen molar-refractivity contribution >= 4 is 45.7 Å². The van der Waals surface area contributed by atoms with Gasteiger partial charge in [-0.15, -0.1) is 11.3 Å². The average Bonchev–Trinajstić information content (AvgIpc) is 3.44. The maximum atomic E-state index is 13.2. The van der Waals surface area contributed by atoms with Crippen LogP contribution >= 0.6 is 22.9 Å². The predicted octanol–water partition coefficient (Wildman–Crippen LogP) is 7.85. The van der Waals surface area contributed by atoms with Gasteiger partial charge in [-0.1, -0.05) is 35.9 Å². The summed E-state index contributed by atoms with van der Waals surface area (Å²) in [5, 5.41) is 4.42. The van der Waals surface area contributed by atoms with E-state index in [2.05, 4.69) is 5.32 Å². The summed E-state index contributed by atoms with van der Waals surface area (Å²) < 4.78 is 6.02. The number of fused-ring (bicyclic) bond motifs is 1. The van der Waals surface area contributed by atoms with E-state index in [-0.39, 0.29) is 5.91 Å². The van der Waals surface area contributed by atoms with Crippen LogP contribution in [0.1, 0.15) is 45.0 Å². The number of amides is 1.